The summed E-state index contributed by atoms with van der Waals surface area (Å²) >= 11 is 0. The van der Waals surface area contributed by atoms with Gasteiger partial charge in [0.2, 0.25) is 0 Å². The molecule has 1 fully saturated rings. The number of carboxylic acid groups (broad SMARTS) is 1. The van der Waals surface area contributed by atoms with Crippen LogP contribution in [0.25, 0.3) is 0 Å². The van der Waals surface area contributed by atoms with Gasteiger partial charge in [0.15, 0.2) is 6.10 Å². The predicted molar refractivity (Wildman–Crippen MR) is 37.2 cm³/mol. The lowest BCUT2D eigenvalue weighted by Crippen LogP contribution is -2.23. The van der Waals surface area contributed by atoms with Crippen LogP contribution in [0.2, 0.25) is 0 Å². The highest BCUT2D eigenvalue weighted by molar-refractivity contribution is 5.71. The summed E-state index contributed by atoms with van der Waals surface area (Å²) in [6, 6.07) is 0. The summed E-state index contributed by atoms with van der Waals surface area (Å²) in [6.45, 7) is 1.28. The molecule has 0 radical (unpaired) electrons. The van der Waals surface area contributed by atoms with Gasteiger partial charge in [-0.05, 0) is 18.8 Å². The Labute approximate surface area is 64.8 Å². The molecule has 0 aliphatic carbocycles. The van der Waals surface area contributed by atoms with Crippen molar-refractivity contribution in [3.8, 4) is 0 Å². The van der Waals surface area contributed by atoms with Gasteiger partial charge in [-0.2, -0.15) is 0 Å². The second-order valence-corrected chi connectivity index (χ2v) is 2.82. The molecule has 11 heavy (non-hydrogen) atoms. The summed E-state index contributed by atoms with van der Waals surface area (Å²) in [5.41, 5.74) is 0. The second kappa shape index (κ2) is 3.69. The van der Waals surface area contributed by atoms with E-state index < -0.39 is 12.1 Å². The van der Waals surface area contributed by atoms with Crippen LogP contribution in [0.3, 0.4) is 0 Å². The lowest BCUT2D eigenvalue weighted by atomic mass is 10.0. The van der Waals surface area contributed by atoms with E-state index in [1.54, 1.807) is 0 Å². The maximum Gasteiger partial charge on any atom is 0.332 e. The Morgan fingerprint density at radius 1 is 1.73 bits per heavy atom. The average Bonchev–Trinajstić information content (AvgIpc) is 2.39. The molecule has 2 N–H and O–H groups in total. The highest BCUT2D eigenvalue weighted by Crippen LogP contribution is 2.17. The third kappa shape index (κ3) is 2.48. The Kier molecular flexibility index (Phi) is 2.84. The van der Waals surface area contributed by atoms with Crippen molar-refractivity contribution in [3.05, 3.63) is 0 Å². The highest BCUT2D eigenvalue weighted by atomic mass is 16.5. The minimum Gasteiger partial charge on any atom is -0.479 e. The molecule has 1 heterocycles. The summed E-state index contributed by atoms with van der Waals surface area (Å²) in [5, 5.41) is 17.3. The monoisotopic (exact) mass is 160 g/mol. The van der Waals surface area contributed by atoms with E-state index in [9.17, 15) is 4.79 Å². The number of carboxylic acids is 1. The molecule has 0 aromatic rings. The fourth-order valence-electron chi connectivity index (χ4n) is 1.19. The number of aliphatic hydroxyl groups is 1. The molecule has 0 amide bonds. The van der Waals surface area contributed by atoms with E-state index in [0.29, 0.717) is 19.6 Å². The second-order valence-electron chi connectivity index (χ2n) is 2.82. The Balaban J connectivity index is 2.23. The number of carbonyl (C=O) groups is 1. The Hall–Kier alpha value is -0.610. The molecule has 1 aliphatic heterocycles. The molecule has 4 nitrogen and oxygen atoms in total. The van der Waals surface area contributed by atoms with E-state index in [-0.39, 0.29) is 5.92 Å². The number of hydrogen-bond acceptors (Lipinski definition) is 3. The SMILES string of the molecule is O=C(O)C(O)CC1CCOC1. The summed E-state index contributed by atoms with van der Waals surface area (Å²) in [5.74, 6) is -0.919. The van der Waals surface area contributed by atoms with Crippen molar-refractivity contribution in [3.63, 3.8) is 0 Å². The lowest BCUT2D eigenvalue weighted by molar-refractivity contribution is -0.147. The Morgan fingerprint density at radius 3 is 2.91 bits per heavy atom. The highest BCUT2D eigenvalue weighted by Gasteiger charge is 2.22. The maximum atomic E-state index is 10.2. The van der Waals surface area contributed by atoms with Crippen LogP contribution in [0.1, 0.15) is 12.8 Å². The predicted octanol–water partition coefficient (Wildman–Crippen LogP) is -0.141. The smallest absolute Gasteiger partial charge is 0.332 e. The summed E-state index contributed by atoms with van der Waals surface area (Å²) in [7, 11) is 0. The largest absolute Gasteiger partial charge is 0.479 e. The van der Waals surface area contributed by atoms with Crippen molar-refractivity contribution < 1.29 is 19.7 Å². The fourth-order valence-corrected chi connectivity index (χ4v) is 1.19. The maximum absolute atomic E-state index is 10.2. The molecule has 0 aromatic heterocycles. The van der Waals surface area contributed by atoms with Crippen LogP contribution in [0, 0.1) is 5.92 Å². The zero-order valence-electron chi connectivity index (χ0n) is 6.19. The van der Waals surface area contributed by atoms with E-state index in [4.69, 9.17) is 14.9 Å². The van der Waals surface area contributed by atoms with Gasteiger partial charge in [-0.3, -0.25) is 0 Å². The van der Waals surface area contributed by atoms with E-state index in [2.05, 4.69) is 0 Å². The molecule has 2 unspecified atom stereocenters. The normalized spacial score (nSPS) is 26.8. The number of ether oxygens (including phenoxy) is 1. The van der Waals surface area contributed by atoms with Crippen molar-refractivity contribution in [2.75, 3.05) is 13.2 Å². The van der Waals surface area contributed by atoms with Gasteiger partial charge in [-0.1, -0.05) is 0 Å². The van der Waals surface area contributed by atoms with Crippen molar-refractivity contribution in [1.82, 2.24) is 0 Å². The summed E-state index contributed by atoms with van der Waals surface area (Å²) < 4.78 is 5.03. The number of aliphatic carboxylic acids is 1. The Morgan fingerprint density at radius 2 is 2.45 bits per heavy atom. The van der Waals surface area contributed by atoms with Crippen LogP contribution in [0.15, 0.2) is 0 Å². The summed E-state index contributed by atoms with van der Waals surface area (Å²) in [4.78, 5) is 10.2. The van der Waals surface area contributed by atoms with E-state index in [0.717, 1.165) is 6.42 Å². The zero-order chi connectivity index (χ0) is 8.27. The van der Waals surface area contributed by atoms with Gasteiger partial charge >= 0.3 is 5.97 Å². The molecule has 0 aromatic carbocycles. The van der Waals surface area contributed by atoms with Crippen molar-refractivity contribution >= 4 is 5.97 Å². The van der Waals surface area contributed by atoms with Gasteiger partial charge < -0.3 is 14.9 Å². The van der Waals surface area contributed by atoms with E-state index in [1.165, 1.54) is 0 Å². The molecule has 1 aliphatic rings. The van der Waals surface area contributed by atoms with Gasteiger partial charge in [-0.15, -0.1) is 0 Å². The van der Waals surface area contributed by atoms with Crippen LogP contribution in [0.4, 0.5) is 0 Å². The van der Waals surface area contributed by atoms with Crippen LogP contribution < -0.4 is 0 Å². The lowest BCUT2D eigenvalue weighted by Gasteiger charge is -2.09. The van der Waals surface area contributed by atoms with Gasteiger partial charge in [0.25, 0.3) is 0 Å². The molecule has 0 spiro atoms. The fraction of sp³-hybridized carbons (Fsp3) is 0.857. The van der Waals surface area contributed by atoms with Crippen LogP contribution in [-0.2, 0) is 9.53 Å². The van der Waals surface area contributed by atoms with E-state index in [1.807, 2.05) is 0 Å². The number of hydrogen-bond donors (Lipinski definition) is 2. The molecule has 4 heteroatoms. The molecule has 1 rings (SSSR count). The van der Waals surface area contributed by atoms with Gasteiger partial charge in [0.05, 0.1) is 0 Å². The molecular weight excluding hydrogens is 148 g/mol. The van der Waals surface area contributed by atoms with Gasteiger partial charge in [0.1, 0.15) is 0 Å². The first kappa shape index (κ1) is 8.49. The molecule has 1 saturated heterocycles. The first-order valence-corrected chi connectivity index (χ1v) is 3.68. The molecule has 0 saturated carbocycles. The van der Waals surface area contributed by atoms with Crippen LogP contribution in [-0.4, -0.2) is 35.5 Å². The summed E-state index contributed by atoms with van der Waals surface area (Å²) in [6.07, 6.45) is -0.0404. The van der Waals surface area contributed by atoms with Crippen LogP contribution >= 0.6 is 0 Å². The van der Waals surface area contributed by atoms with Gasteiger partial charge in [-0.25, -0.2) is 4.79 Å². The third-order valence-electron chi connectivity index (χ3n) is 1.87. The zero-order valence-corrected chi connectivity index (χ0v) is 6.19. The first-order valence-electron chi connectivity index (χ1n) is 3.68. The van der Waals surface area contributed by atoms with E-state index >= 15 is 0 Å². The van der Waals surface area contributed by atoms with Gasteiger partial charge in [0, 0.05) is 13.2 Å². The Bertz CT molecular complexity index is 139. The van der Waals surface area contributed by atoms with Crippen LogP contribution in [0.5, 0.6) is 0 Å². The third-order valence-corrected chi connectivity index (χ3v) is 1.87. The average molecular weight is 160 g/mol. The molecule has 64 valence electrons. The van der Waals surface area contributed by atoms with Crippen molar-refractivity contribution in [2.45, 2.75) is 18.9 Å². The minimum absolute atomic E-state index is 0.223. The van der Waals surface area contributed by atoms with Crippen molar-refractivity contribution in [2.24, 2.45) is 5.92 Å². The molecule has 2 atom stereocenters. The molecular formula is C7H12O4. The van der Waals surface area contributed by atoms with Crippen molar-refractivity contribution in [1.29, 1.82) is 0 Å². The number of rotatable bonds is 3. The first-order chi connectivity index (χ1) is 5.20. The topological polar surface area (TPSA) is 66.8 Å². The quantitative estimate of drug-likeness (QED) is 0.603. The number of aliphatic hydroxyl groups excluding tert-OH is 1. The standard InChI is InChI=1S/C7H12O4/c8-6(7(9)10)3-5-1-2-11-4-5/h5-6,8H,1-4H2,(H,9,10). The molecule has 0 bridgehead atoms. The minimum atomic E-state index is -1.22.